The van der Waals surface area contributed by atoms with E-state index in [1.165, 1.54) is 41.8 Å². The molecule has 0 unspecified atom stereocenters. The molecule has 5 aromatic rings. The molecule has 11 heteroatoms. The van der Waals surface area contributed by atoms with Crippen LogP contribution >= 0.6 is 27.3 Å². The molecule has 0 fully saturated rings. The minimum atomic E-state index is -0.412. The number of carbonyl (C=O) groups excluding carboxylic acids is 2. The van der Waals surface area contributed by atoms with Crippen LogP contribution in [0.5, 0.6) is 5.75 Å². The van der Waals surface area contributed by atoms with Crippen molar-refractivity contribution in [3.8, 4) is 17.0 Å². The molecular formula is C31H23BrFN5O3S. The largest absolute Gasteiger partial charge is 0.483 e. The Balaban J connectivity index is 1.16. The van der Waals surface area contributed by atoms with Crippen molar-refractivity contribution in [1.82, 2.24) is 10.4 Å². The number of benzene rings is 4. The summed E-state index contributed by atoms with van der Waals surface area (Å²) in [7, 11) is 0. The third-order valence-electron chi connectivity index (χ3n) is 5.80. The summed E-state index contributed by atoms with van der Waals surface area (Å²) in [6.07, 6.45) is 1.43. The molecule has 0 aliphatic carbocycles. The van der Waals surface area contributed by atoms with E-state index in [4.69, 9.17) is 4.74 Å². The first-order valence-electron chi connectivity index (χ1n) is 12.6. The van der Waals surface area contributed by atoms with Crippen molar-refractivity contribution in [3.05, 3.63) is 124 Å². The number of ether oxygens (including phenoxy) is 1. The van der Waals surface area contributed by atoms with Crippen LogP contribution in [0.1, 0.15) is 15.9 Å². The Kier molecular flexibility index (Phi) is 9.32. The molecule has 1 aromatic heterocycles. The number of rotatable bonds is 10. The van der Waals surface area contributed by atoms with Gasteiger partial charge in [0.2, 0.25) is 0 Å². The monoisotopic (exact) mass is 643 g/mol. The van der Waals surface area contributed by atoms with Crippen LogP contribution in [0.2, 0.25) is 0 Å². The molecule has 2 amide bonds. The number of halogens is 2. The van der Waals surface area contributed by atoms with E-state index in [-0.39, 0.29) is 6.61 Å². The molecule has 0 atom stereocenters. The summed E-state index contributed by atoms with van der Waals surface area (Å²) in [5, 5.41) is 12.7. The highest BCUT2D eigenvalue weighted by molar-refractivity contribution is 9.10. The Bertz CT molecular complexity index is 1710. The lowest BCUT2D eigenvalue weighted by molar-refractivity contribution is -0.118. The Morgan fingerprint density at radius 1 is 0.952 bits per heavy atom. The second kappa shape index (κ2) is 13.7. The topological polar surface area (TPSA) is 105 Å². The van der Waals surface area contributed by atoms with Gasteiger partial charge in [0.05, 0.1) is 11.9 Å². The lowest BCUT2D eigenvalue weighted by atomic mass is 10.1. The predicted molar refractivity (Wildman–Crippen MR) is 167 cm³/mol. The Morgan fingerprint density at radius 3 is 2.48 bits per heavy atom. The zero-order valence-corrected chi connectivity index (χ0v) is 24.3. The molecule has 210 valence electrons. The van der Waals surface area contributed by atoms with Gasteiger partial charge in [0.1, 0.15) is 11.6 Å². The first-order chi connectivity index (χ1) is 20.4. The number of amides is 2. The smallest absolute Gasteiger partial charge is 0.271 e. The summed E-state index contributed by atoms with van der Waals surface area (Å²) >= 11 is 4.90. The highest BCUT2D eigenvalue weighted by Crippen LogP contribution is 2.27. The average molecular weight is 645 g/mol. The second-order valence-electron chi connectivity index (χ2n) is 8.83. The molecule has 0 saturated heterocycles. The molecule has 42 heavy (non-hydrogen) atoms. The molecular weight excluding hydrogens is 621 g/mol. The third-order valence-corrected chi connectivity index (χ3v) is 7.05. The van der Waals surface area contributed by atoms with Crippen molar-refractivity contribution in [2.24, 2.45) is 5.10 Å². The Morgan fingerprint density at radius 2 is 1.71 bits per heavy atom. The maximum atomic E-state index is 13.1. The van der Waals surface area contributed by atoms with Gasteiger partial charge in [-0.1, -0.05) is 46.3 Å². The SMILES string of the molecule is O=C(COc1ccc(Br)cc1/C=N/NC(=O)c1ccc(-c2csc(Nc3ccccc3)n2)cc1)Nc1ccc(F)cc1. The number of thiazole rings is 1. The average Bonchev–Trinajstić information content (AvgIpc) is 3.47. The van der Waals surface area contributed by atoms with Crippen molar-refractivity contribution in [2.75, 3.05) is 17.2 Å². The molecule has 3 N–H and O–H groups in total. The van der Waals surface area contributed by atoms with Crippen molar-refractivity contribution in [2.45, 2.75) is 0 Å². The Labute approximate surface area is 253 Å². The van der Waals surface area contributed by atoms with Crippen LogP contribution in [0.3, 0.4) is 0 Å². The van der Waals surface area contributed by atoms with Crippen LogP contribution < -0.4 is 20.8 Å². The fourth-order valence-corrected chi connectivity index (χ4v) is 4.87. The summed E-state index contributed by atoms with van der Waals surface area (Å²) in [6.45, 7) is -0.276. The molecule has 0 aliphatic heterocycles. The first-order valence-corrected chi connectivity index (χ1v) is 14.3. The number of anilines is 3. The minimum Gasteiger partial charge on any atom is -0.483 e. The molecule has 0 radical (unpaired) electrons. The van der Waals surface area contributed by atoms with Gasteiger partial charge >= 0.3 is 0 Å². The van der Waals surface area contributed by atoms with E-state index >= 15 is 0 Å². The minimum absolute atomic E-state index is 0.276. The van der Waals surface area contributed by atoms with Gasteiger partial charge < -0.3 is 15.4 Å². The van der Waals surface area contributed by atoms with E-state index in [2.05, 4.69) is 42.1 Å². The lowest BCUT2D eigenvalue weighted by Crippen LogP contribution is -2.20. The standard InChI is InChI=1S/C31H23BrFN5O3S/c32-23-10-15-28(41-18-29(39)35-26-13-11-24(33)12-14-26)22(16-23)17-34-38-30(40)21-8-6-20(7-9-21)27-19-42-31(37-27)36-25-4-2-1-3-5-25/h1-17,19H,18H2,(H,35,39)(H,36,37)(H,38,40)/b34-17+. The number of hydrogen-bond acceptors (Lipinski definition) is 7. The molecule has 0 bridgehead atoms. The number of hydrazone groups is 1. The van der Waals surface area contributed by atoms with Crippen LogP contribution in [0.25, 0.3) is 11.3 Å². The quantitative estimate of drug-likeness (QED) is 0.110. The lowest BCUT2D eigenvalue weighted by Gasteiger charge is -2.10. The number of hydrogen-bond donors (Lipinski definition) is 3. The third kappa shape index (κ3) is 7.87. The van der Waals surface area contributed by atoms with Crippen molar-refractivity contribution in [1.29, 1.82) is 0 Å². The Hall–Kier alpha value is -4.87. The van der Waals surface area contributed by atoms with Crippen LogP contribution in [-0.4, -0.2) is 29.6 Å². The fourth-order valence-electron chi connectivity index (χ4n) is 3.75. The number of nitrogens with zero attached hydrogens (tertiary/aromatic N) is 2. The van der Waals surface area contributed by atoms with E-state index in [0.717, 1.165) is 26.5 Å². The van der Waals surface area contributed by atoms with Gasteiger partial charge in [0.25, 0.3) is 11.8 Å². The fraction of sp³-hybridized carbons (Fsp3) is 0.0323. The van der Waals surface area contributed by atoms with Gasteiger partial charge in [-0.2, -0.15) is 5.10 Å². The summed E-state index contributed by atoms with van der Waals surface area (Å²) in [6, 6.07) is 27.5. The summed E-state index contributed by atoms with van der Waals surface area (Å²) in [5.41, 5.74) is 6.58. The van der Waals surface area contributed by atoms with E-state index < -0.39 is 17.6 Å². The van der Waals surface area contributed by atoms with Crippen molar-refractivity contribution in [3.63, 3.8) is 0 Å². The maximum Gasteiger partial charge on any atom is 0.271 e. The second-order valence-corrected chi connectivity index (χ2v) is 10.6. The number of nitrogens with one attached hydrogen (secondary N) is 3. The highest BCUT2D eigenvalue weighted by Gasteiger charge is 2.10. The number of para-hydroxylation sites is 1. The zero-order chi connectivity index (χ0) is 29.3. The van der Waals surface area contributed by atoms with Crippen molar-refractivity contribution < 1.29 is 18.7 Å². The molecule has 5 rings (SSSR count). The van der Waals surface area contributed by atoms with Gasteiger partial charge in [0, 0.05) is 37.9 Å². The maximum absolute atomic E-state index is 13.1. The predicted octanol–water partition coefficient (Wildman–Crippen LogP) is 7.24. The van der Waals surface area contributed by atoms with Crippen LogP contribution in [-0.2, 0) is 4.79 Å². The summed E-state index contributed by atoms with van der Waals surface area (Å²) in [4.78, 5) is 29.6. The number of carbonyl (C=O) groups is 2. The molecule has 4 aromatic carbocycles. The van der Waals surface area contributed by atoms with Gasteiger partial charge in [-0.25, -0.2) is 14.8 Å². The highest BCUT2D eigenvalue weighted by atomic mass is 79.9. The van der Waals surface area contributed by atoms with Crippen LogP contribution in [0.4, 0.5) is 20.9 Å². The van der Waals surface area contributed by atoms with E-state index in [9.17, 15) is 14.0 Å². The molecule has 0 spiro atoms. The summed E-state index contributed by atoms with van der Waals surface area (Å²) < 4.78 is 19.5. The molecule has 0 saturated carbocycles. The molecule has 1 heterocycles. The van der Waals surface area contributed by atoms with Gasteiger partial charge in [0.15, 0.2) is 11.7 Å². The van der Waals surface area contributed by atoms with Crippen LogP contribution in [0, 0.1) is 5.82 Å². The molecule has 8 nitrogen and oxygen atoms in total. The van der Waals surface area contributed by atoms with E-state index in [1.807, 2.05) is 47.8 Å². The molecule has 0 aliphatic rings. The first kappa shape index (κ1) is 28.7. The zero-order valence-electron chi connectivity index (χ0n) is 21.9. The van der Waals surface area contributed by atoms with Gasteiger partial charge in [-0.3, -0.25) is 9.59 Å². The van der Waals surface area contributed by atoms with E-state index in [1.54, 1.807) is 30.3 Å². The van der Waals surface area contributed by atoms with Gasteiger partial charge in [-0.05, 0) is 66.7 Å². The van der Waals surface area contributed by atoms with Gasteiger partial charge in [-0.15, -0.1) is 11.3 Å². The summed E-state index contributed by atoms with van der Waals surface area (Å²) in [5.74, 6) is -0.808. The normalized spacial score (nSPS) is 10.8. The number of aromatic nitrogens is 1. The van der Waals surface area contributed by atoms with Crippen molar-refractivity contribution >= 4 is 61.8 Å². The van der Waals surface area contributed by atoms with Crippen LogP contribution in [0.15, 0.2) is 112 Å². The van der Waals surface area contributed by atoms with E-state index in [0.29, 0.717) is 22.6 Å².